The smallest absolute Gasteiger partial charge is 0.319 e. The first-order valence-electron chi connectivity index (χ1n) is 8.60. The van der Waals surface area contributed by atoms with Crippen molar-refractivity contribution in [1.82, 2.24) is 10.6 Å². The SMILES string of the molecule is O=C(NCC1CCCO1)Nc1ccc(NC(=O)C2CNCCO2)cc1. The highest BCUT2D eigenvalue weighted by Gasteiger charge is 2.21. The first-order valence-corrected chi connectivity index (χ1v) is 8.60. The molecule has 3 amide bonds. The highest BCUT2D eigenvalue weighted by molar-refractivity contribution is 5.95. The molecule has 0 aromatic heterocycles. The summed E-state index contributed by atoms with van der Waals surface area (Å²) in [6, 6.07) is 6.69. The molecule has 0 radical (unpaired) electrons. The van der Waals surface area contributed by atoms with Crippen molar-refractivity contribution in [1.29, 1.82) is 0 Å². The number of hydrogen-bond donors (Lipinski definition) is 4. The number of carbonyl (C=O) groups is 2. The number of ether oxygens (including phenoxy) is 2. The van der Waals surface area contributed by atoms with Crippen molar-refractivity contribution in [3.05, 3.63) is 24.3 Å². The van der Waals surface area contributed by atoms with Gasteiger partial charge in [0.1, 0.15) is 6.10 Å². The van der Waals surface area contributed by atoms with Crippen molar-refractivity contribution in [3.8, 4) is 0 Å². The maximum absolute atomic E-state index is 12.1. The van der Waals surface area contributed by atoms with E-state index in [1.54, 1.807) is 24.3 Å². The zero-order valence-electron chi connectivity index (χ0n) is 14.0. The van der Waals surface area contributed by atoms with Crippen LogP contribution in [0.4, 0.5) is 16.2 Å². The molecule has 2 aliphatic heterocycles. The van der Waals surface area contributed by atoms with E-state index in [-0.39, 0.29) is 18.0 Å². The lowest BCUT2D eigenvalue weighted by Crippen LogP contribution is -2.45. The number of nitrogens with one attached hydrogen (secondary N) is 4. The zero-order valence-corrected chi connectivity index (χ0v) is 14.0. The van der Waals surface area contributed by atoms with E-state index in [9.17, 15) is 9.59 Å². The molecule has 3 rings (SSSR count). The minimum atomic E-state index is -0.477. The van der Waals surface area contributed by atoms with Crippen molar-refractivity contribution in [3.63, 3.8) is 0 Å². The van der Waals surface area contributed by atoms with Gasteiger partial charge in [0.2, 0.25) is 0 Å². The Morgan fingerprint density at radius 3 is 2.48 bits per heavy atom. The lowest BCUT2D eigenvalue weighted by Gasteiger charge is -2.22. The van der Waals surface area contributed by atoms with Crippen molar-refractivity contribution < 1.29 is 19.1 Å². The number of urea groups is 1. The van der Waals surface area contributed by atoms with E-state index in [0.717, 1.165) is 26.0 Å². The number of carbonyl (C=O) groups excluding carboxylic acids is 2. The summed E-state index contributed by atoms with van der Waals surface area (Å²) in [6.45, 7) is 3.08. The van der Waals surface area contributed by atoms with Gasteiger partial charge in [-0.1, -0.05) is 0 Å². The predicted molar refractivity (Wildman–Crippen MR) is 93.7 cm³/mol. The summed E-state index contributed by atoms with van der Waals surface area (Å²) >= 11 is 0. The van der Waals surface area contributed by atoms with E-state index in [2.05, 4.69) is 21.3 Å². The topological polar surface area (TPSA) is 101 Å². The molecule has 2 saturated heterocycles. The normalized spacial score (nSPS) is 23.0. The maximum atomic E-state index is 12.1. The van der Waals surface area contributed by atoms with Crippen LogP contribution in [0.2, 0.25) is 0 Å². The number of hydrogen-bond acceptors (Lipinski definition) is 5. The predicted octanol–water partition coefficient (Wildman–Crippen LogP) is 0.914. The summed E-state index contributed by atoms with van der Waals surface area (Å²) in [5.41, 5.74) is 1.31. The average molecular weight is 348 g/mol. The molecular weight excluding hydrogens is 324 g/mol. The molecule has 1 aromatic carbocycles. The van der Waals surface area contributed by atoms with E-state index >= 15 is 0 Å². The molecule has 1 aromatic rings. The third-order valence-corrected chi connectivity index (χ3v) is 4.14. The van der Waals surface area contributed by atoms with Gasteiger partial charge in [-0.25, -0.2) is 4.79 Å². The lowest BCUT2D eigenvalue weighted by atomic mass is 10.2. The van der Waals surface area contributed by atoms with Gasteiger partial charge in [-0.2, -0.15) is 0 Å². The van der Waals surface area contributed by atoms with Gasteiger partial charge in [-0.3, -0.25) is 4.79 Å². The van der Waals surface area contributed by atoms with Gasteiger partial charge in [0.25, 0.3) is 5.91 Å². The third kappa shape index (κ3) is 5.42. The Balaban J connectivity index is 1.43. The van der Waals surface area contributed by atoms with E-state index in [4.69, 9.17) is 9.47 Å². The van der Waals surface area contributed by atoms with E-state index in [0.29, 0.717) is 31.1 Å². The summed E-state index contributed by atoms with van der Waals surface area (Å²) in [4.78, 5) is 23.9. The van der Waals surface area contributed by atoms with Crippen LogP contribution >= 0.6 is 0 Å². The Kier molecular flexibility index (Phi) is 6.21. The molecule has 4 N–H and O–H groups in total. The molecule has 2 fully saturated rings. The van der Waals surface area contributed by atoms with Gasteiger partial charge < -0.3 is 30.7 Å². The van der Waals surface area contributed by atoms with Gasteiger partial charge in [0, 0.05) is 37.6 Å². The van der Waals surface area contributed by atoms with Gasteiger partial charge in [0.05, 0.1) is 12.7 Å². The molecule has 2 aliphatic rings. The molecule has 8 nitrogen and oxygen atoms in total. The van der Waals surface area contributed by atoms with Gasteiger partial charge in [0.15, 0.2) is 0 Å². The van der Waals surface area contributed by atoms with Crippen LogP contribution in [-0.4, -0.2) is 57.0 Å². The third-order valence-electron chi connectivity index (χ3n) is 4.14. The molecule has 136 valence electrons. The van der Waals surface area contributed by atoms with Crippen LogP contribution in [0.5, 0.6) is 0 Å². The molecule has 2 heterocycles. The van der Waals surface area contributed by atoms with Crippen LogP contribution in [0.15, 0.2) is 24.3 Å². The summed E-state index contributed by atoms with van der Waals surface area (Å²) in [5, 5.41) is 11.5. The second-order valence-electron chi connectivity index (χ2n) is 6.10. The fourth-order valence-corrected chi connectivity index (χ4v) is 2.78. The Hall–Kier alpha value is -2.16. The van der Waals surface area contributed by atoms with Crippen LogP contribution in [-0.2, 0) is 14.3 Å². The van der Waals surface area contributed by atoms with Gasteiger partial charge >= 0.3 is 6.03 Å². The molecule has 0 saturated carbocycles. The van der Waals surface area contributed by atoms with Crippen molar-refractivity contribution in [2.45, 2.75) is 25.0 Å². The van der Waals surface area contributed by atoms with Gasteiger partial charge in [-0.05, 0) is 37.1 Å². The summed E-state index contributed by atoms with van der Waals surface area (Å²) < 4.78 is 10.9. The molecular formula is C17H24N4O4. The van der Waals surface area contributed by atoms with Crippen LogP contribution in [0, 0.1) is 0 Å². The number of anilines is 2. The monoisotopic (exact) mass is 348 g/mol. The van der Waals surface area contributed by atoms with Crippen LogP contribution in [0.1, 0.15) is 12.8 Å². The molecule has 2 unspecified atom stereocenters. The Morgan fingerprint density at radius 1 is 1.08 bits per heavy atom. The summed E-state index contributed by atoms with van der Waals surface area (Å²) in [7, 11) is 0. The van der Waals surface area contributed by atoms with Crippen LogP contribution in [0.25, 0.3) is 0 Å². The number of morpholine rings is 1. The number of amides is 3. The second kappa shape index (κ2) is 8.80. The van der Waals surface area contributed by atoms with E-state index < -0.39 is 6.10 Å². The highest BCUT2D eigenvalue weighted by atomic mass is 16.5. The minimum absolute atomic E-state index is 0.111. The molecule has 25 heavy (non-hydrogen) atoms. The van der Waals surface area contributed by atoms with Crippen LogP contribution in [0.3, 0.4) is 0 Å². The maximum Gasteiger partial charge on any atom is 0.319 e. The molecule has 0 aliphatic carbocycles. The largest absolute Gasteiger partial charge is 0.376 e. The van der Waals surface area contributed by atoms with Crippen molar-refractivity contribution in [2.24, 2.45) is 0 Å². The quantitative estimate of drug-likeness (QED) is 0.634. The first kappa shape index (κ1) is 17.7. The Bertz CT molecular complexity index is 581. The molecule has 0 spiro atoms. The van der Waals surface area contributed by atoms with Crippen LogP contribution < -0.4 is 21.3 Å². The number of benzene rings is 1. The van der Waals surface area contributed by atoms with Crippen molar-refractivity contribution in [2.75, 3.05) is 43.5 Å². The fraction of sp³-hybridized carbons (Fsp3) is 0.529. The summed E-state index contributed by atoms with van der Waals surface area (Å²) in [6.07, 6.45) is 1.66. The standard InChI is InChI=1S/C17H24N4O4/c22-16(15-11-18-7-9-25-15)20-12-3-5-13(6-4-12)21-17(23)19-10-14-2-1-8-24-14/h3-6,14-15,18H,1-2,7-11H2,(H,20,22)(H2,19,21,23). The number of rotatable bonds is 5. The highest BCUT2D eigenvalue weighted by Crippen LogP contribution is 2.15. The van der Waals surface area contributed by atoms with Gasteiger partial charge in [-0.15, -0.1) is 0 Å². The second-order valence-corrected chi connectivity index (χ2v) is 6.10. The first-order chi connectivity index (χ1) is 12.2. The van der Waals surface area contributed by atoms with E-state index in [1.807, 2.05) is 0 Å². The zero-order chi connectivity index (χ0) is 17.5. The fourth-order valence-electron chi connectivity index (χ4n) is 2.78. The average Bonchev–Trinajstić information content (AvgIpc) is 3.16. The minimum Gasteiger partial charge on any atom is -0.376 e. The Morgan fingerprint density at radius 2 is 1.84 bits per heavy atom. The summed E-state index contributed by atoms with van der Waals surface area (Å²) in [5.74, 6) is -0.179. The molecule has 2 atom stereocenters. The molecule has 0 bridgehead atoms. The van der Waals surface area contributed by atoms with E-state index in [1.165, 1.54) is 0 Å². The lowest BCUT2D eigenvalue weighted by molar-refractivity contribution is -0.128. The van der Waals surface area contributed by atoms with Crippen molar-refractivity contribution >= 4 is 23.3 Å². The molecule has 8 heteroatoms. The Labute approximate surface area is 146 Å².